The van der Waals surface area contributed by atoms with Crippen LogP contribution in [0.4, 0.5) is 0 Å². The van der Waals surface area contributed by atoms with Gasteiger partial charge in [-0.2, -0.15) is 0 Å². The highest BCUT2D eigenvalue weighted by Gasteiger charge is 2.13. The van der Waals surface area contributed by atoms with Crippen LogP contribution in [0.3, 0.4) is 0 Å². The quantitative estimate of drug-likeness (QED) is 0.264. The fraction of sp³-hybridized carbons (Fsp3) is 0.103. The van der Waals surface area contributed by atoms with E-state index in [1.807, 2.05) is 13.8 Å². The lowest BCUT2D eigenvalue weighted by atomic mass is 9.96. The molecule has 0 aliphatic rings. The Labute approximate surface area is 177 Å². The van der Waals surface area contributed by atoms with Gasteiger partial charge in [0.1, 0.15) is 0 Å². The smallest absolute Gasteiger partial charge is 0.0494 e. The molecule has 0 spiro atoms. The van der Waals surface area contributed by atoms with E-state index >= 15 is 0 Å². The van der Waals surface area contributed by atoms with Gasteiger partial charge in [-0.05, 0) is 45.3 Å². The van der Waals surface area contributed by atoms with E-state index in [0.717, 1.165) is 6.54 Å². The largest absolute Gasteiger partial charge is 0.336 e. The van der Waals surface area contributed by atoms with Gasteiger partial charge in [-0.1, -0.05) is 98.8 Å². The van der Waals surface area contributed by atoms with Crippen LogP contribution in [-0.4, -0.2) is 4.57 Å². The van der Waals surface area contributed by atoms with Gasteiger partial charge in [0.2, 0.25) is 0 Å². The van der Waals surface area contributed by atoms with E-state index in [9.17, 15) is 0 Å². The maximum Gasteiger partial charge on any atom is 0.0494 e. The normalized spacial score (nSPS) is 11.1. The van der Waals surface area contributed by atoms with Gasteiger partial charge < -0.3 is 4.57 Å². The minimum atomic E-state index is 0.857. The van der Waals surface area contributed by atoms with Crippen molar-refractivity contribution < 1.29 is 0 Å². The van der Waals surface area contributed by atoms with Crippen LogP contribution in [0.25, 0.3) is 43.4 Å². The minimum absolute atomic E-state index is 0.857. The van der Waals surface area contributed by atoms with Crippen molar-refractivity contribution >= 4 is 43.4 Å². The van der Waals surface area contributed by atoms with Crippen molar-refractivity contribution in [1.29, 1.82) is 0 Å². The van der Waals surface area contributed by atoms with E-state index in [4.69, 9.17) is 0 Å². The van der Waals surface area contributed by atoms with E-state index < -0.39 is 0 Å². The predicted molar refractivity (Wildman–Crippen MR) is 131 cm³/mol. The zero-order valence-electron chi connectivity index (χ0n) is 17.5. The first-order chi connectivity index (χ1) is 14.9. The molecule has 6 rings (SSSR count). The topological polar surface area (TPSA) is 4.93 Å². The monoisotopic (exact) mass is 387 g/mol. The van der Waals surface area contributed by atoms with Crippen molar-refractivity contribution in [3.05, 3.63) is 109 Å². The average molecular weight is 388 g/mol. The predicted octanol–water partition coefficient (Wildman–Crippen LogP) is 8.18. The number of para-hydroxylation sites is 2. The van der Waals surface area contributed by atoms with Gasteiger partial charge in [-0.15, -0.1) is 0 Å². The molecule has 30 heavy (non-hydrogen) atoms. The Morgan fingerprint density at radius 1 is 0.500 bits per heavy atom. The Morgan fingerprint density at radius 3 is 1.40 bits per heavy atom. The summed E-state index contributed by atoms with van der Waals surface area (Å²) in [6, 6.07) is 37.3. The van der Waals surface area contributed by atoms with E-state index in [0.29, 0.717) is 0 Å². The third kappa shape index (κ3) is 2.86. The molecule has 1 nitrogen and oxygen atoms in total. The molecule has 0 aliphatic carbocycles. The molecule has 0 unspecified atom stereocenters. The Morgan fingerprint density at radius 2 is 0.900 bits per heavy atom. The molecule has 0 fully saturated rings. The zero-order chi connectivity index (χ0) is 20.5. The fourth-order valence-electron chi connectivity index (χ4n) is 4.61. The molecule has 146 valence electrons. The van der Waals surface area contributed by atoms with Crippen LogP contribution in [0.5, 0.6) is 0 Å². The van der Waals surface area contributed by atoms with Gasteiger partial charge in [0.25, 0.3) is 0 Å². The summed E-state index contributed by atoms with van der Waals surface area (Å²) in [4.78, 5) is 0. The zero-order valence-corrected chi connectivity index (χ0v) is 17.5. The van der Waals surface area contributed by atoms with Crippen LogP contribution in [0.1, 0.15) is 19.4 Å². The first-order valence-electron chi connectivity index (χ1n) is 10.8. The summed E-state index contributed by atoms with van der Waals surface area (Å²) in [5, 5.41) is 7.92. The van der Waals surface area contributed by atoms with E-state index in [1.54, 1.807) is 0 Å². The van der Waals surface area contributed by atoms with E-state index in [2.05, 4.69) is 108 Å². The lowest BCUT2D eigenvalue weighted by Gasteiger charge is -2.14. The van der Waals surface area contributed by atoms with Gasteiger partial charge in [0.05, 0.1) is 0 Å². The van der Waals surface area contributed by atoms with Crippen LogP contribution in [0.2, 0.25) is 0 Å². The van der Waals surface area contributed by atoms with Crippen molar-refractivity contribution in [1.82, 2.24) is 4.57 Å². The minimum Gasteiger partial charge on any atom is -0.336 e. The third-order valence-corrected chi connectivity index (χ3v) is 5.88. The van der Waals surface area contributed by atoms with Gasteiger partial charge in [0.15, 0.2) is 0 Å². The summed E-state index contributed by atoms with van der Waals surface area (Å²) in [6.45, 7) is 4.86. The molecular weight excluding hydrogens is 362 g/mol. The molecular formula is C29H25N. The van der Waals surface area contributed by atoms with Gasteiger partial charge >= 0.3 is 0 Å². The Hall–Kier alpha value is -3.58. The molecule has 6 aromatic rings. The lowest BCUT2D eigenvalue weighted by molar-refractivity contribution is 0.882. The summed E-state index contributed by atoms with van der Waals surface area (Å²) >= 11 is 0. The van der Waals surface area contributed by atoms with Crippen molar-refractivity contribution in [3.63, 3.8) is 0 Å². The second-order valence-corrected chi connectivity index (χ2v) is 7.42. The maximum absolute atomic E-state index is 2.47. The molecule has 0 radical (unpaired) electrons. The third-order valence-electron chi connectivity index (χ3n) is 5.88. The number of benzene rings is 5. The van der Waals surface area contributed by atoms with Crippen LogP contribution in [0, 0.1) is 0 Å². The van der Waals surface area contributed by atoms with Gasteiger partial charge in [-0.3, -0.25) is 0 Å². The molecule has 0 atom stereocenters. The maximum atomic E-state index is 2.47. The first-order valence-corrected chi connectivity index (χ1v) is 10.8. The van der Waals surface area contributed by atoms with Crippen LogP contribution < -0.4 is 0 Å². The molecule has 0 saturated carbocycles. The molecule has 0 N–H and O–H groups in total. The highest BCUT2D eigenvalue weighted by molar-refractivity contribution is 6.08. The summed E-state index contributed by atoms with van der Waals surface area (Å²) in [6.07, 6.45) is 0. The number of hydrogen-bond donors (Lipinski definition) is 0. The molecule has 1 heteroatoms. The summed E-state index contributed by atoms with van der Waals surface area (Å²) in [7, 11) is 0. The van der Waals surface area contributed by atoms with Gasteiger partial charge in [0, 0.05) is 28.4 Å². The second-order valence-electron chi connectivity index (χ2n) is 7.42. The summed E-state index contributed by atoms with van der Waals surface area (Å²) in [5.74, 6) is 0. The van der Waals surface area contributed by atoms with E-state index in [-0.39, 0.29) is 0 Å². The van der Waals surface area contributed by atoms with Crippen molar-refractivity contribution in [3.8, 4) is 0 Å². The second kappa shape index (κ2) is 7.68. The Balaban J connectivity index is 0.000000937. The SMILES string of the molecule is CC.c1ccc2c(Cn3c4ccccc4c4ccccc43)c3ccccc3cc2c1. The number of aromatic nitrogens is 1. The number of nitrogens with zero attached hydrogens (tertiary/aromatic N) is 1. The molecule has 0 bridgehead atoms. The van der Waals surface area contributed by atoms with Crippen LogP contribution in [0.15, 0.2) is 103 Å². The molecule has 1 heterocycles. The summed E-state index contributed by atoms with van der Waals surface area (Å²) < 4.78 is 2.47. The molecule has 0 saturated heterocycles. The van der Waals surface area contributed by atoms with Crippen molar-refractivity contribution in [2.45, 2.75) is 20.4 Å². The first kappa shape index (κ1) is 18.4. The molecule has 0 amide bonds. The lowest BCUT2D eigenvalue weighted by Crippen LogP contribution is -2.01. The molecule has 5 aromatic carbocycles. The molecule has 0 aliphatic heterocycles. The summed E-state index contributed by atoms with van der Waals surface area (Å²) in [5.41, 5.74) is 3.97. The molecule has 1 aromatic heterocycles. The van der Waals surface area contributed by atoms with Crippen molar-refractivity contribution in [2.24, 2.45) is 0 Å². The highest BCUT2D eigenvalue weighted by Crippen LogP contribution is 2.33. The van der Waals surface area contributed by atoms with Gasteiger partial charge in [-0.25, -0.2) is 0 Å². The van der Waals surface area contributed by atoms with Crippen molar-refractivity contribution in [2.75, 3.05) is 0 Å². The standard InChI is InChI=1S/C27H19N.C2H6/c1-3-11-21-19(9-1)17-20-10-2-4-12-22(20)25(21)18-28-26-15-7-5-13-23(26)24-14-6-8-16-27(24)28;1-2/h1-17H,18H2;1-2H3. The Bertz CT molecular complexity index is 1380. The average Bonchev–Trinajstić information content (AvgIpc) is 3.14. The fourth-order valence-corrected chi connectivity index (χ4v) is 4.61. The highest BCUT2D eigenvalue weighted by atomic mass is 15.0. The number of fused-ring (bicyclic) bond motifs is 5. The Kier molecular flexibility index (Phi) is 4.72. The van der Waals surface area contributed by atoms with E-state index in [1.165, 1.54) is 48.9 Å². The van der Waals surface area contributed by atoms with Crippen LogP contribution in [-0.2, 0) is 6.54 Å². The number of rotatable bonds is 2. The number of hydrogen-bond acceptors (Lipinski definition) is 0. The van der Waals surface area contributed by atoms with Crippen LogP contribution >= 0.6 is 0 Å².